The summed E-state index contributed by atoms with van der Waals surface area (Å²) in [5.41, 5.74) is 5.39. The van der Waals surface area contributed by atoms with Gasteiger partial charge in [0.2, 0.25) is 0 Å². The van der Waals surface area contributed by atoms with E-state index in [-0.39, 0.29) is 6.61 Å². The van der Waals surface area contributed by atoms with Gasteiger partial charge in [0.15, 0.2) is 0 Å². The van der Waals surface area contributed by atoms with E-state index in [2.05, 4.69) is 20.3 Å². The lowest BCUT2D eigenvalue weighted by Crippen LogP contribution is -2.21. The third-order valence-electron chi connectivity index (χ3n) is 5.12. The van der Waals surface area contributed by atoms with Gasteiger partial charge in [-0.25, -0.2) is 19.6 Å². The number of carbonyl (C=O) groups is 2. The highest BCUT2D eigenvalue weighted by Crippen LogP contribution is 2.44. The second-order valence-corrected chi connectivity index (χ2v) is 8.77. The number of carboxylic acids is 2. The van der Waals surface area contributed by atoms with Crippen LogP contribution in [0, 0.1) is 0 Å². The third-order valence-corrected chi connectivity index (χ3v) is 5.71. The summed E-state index contributed by atoms with van der Waals surface area (Å²) in [4.78, 5) is 34.6. The van der Waals surface area contributed by atoms with Crippen molar-refractivity contribution >= 4 is 46.6 Å². The van der Waals surface area contributed by atoms with Gasteiger partial charge in [0.05, 0.1) is 39.8 Å². The molecular weight excluding hydrogens is 623 g/mol. The van der Waals surface area contributed by atoms with Crippen LogP contribution in [0.15, 0.2) is 48.9 Å². The predicted octanol–water partition coefficient (Wildman–Crippen LogP) is 6.32. The maximum atomic E-state index is 10.6. The number of fused-ring (bicyclic) bond motifs is 5. The van der Waals surface area contributed by atoms with Gasteiger partial charge >= 0.3 is 24.3 Å². The molecule has 0 atom stereocenters. The number of H-pyrrole nitrogens is 1. The molecule has 0 bridgehead atoms. The van der Waals surface area contributed by atoms with Gasteiger partial charge < -0.3 is 25.6 Å². The first-order valence-corrected chi connectivity index (χ1v) is 11.8. The number of carboxylic acid groups (broad SMARTS) is 2. The van der Waals surface area contributed by atoms with Crippen molar-refractivity contribution in [2.75, 3.05) is 5.32 Å². The number of anilines is 2. The van der Waals surface area contributed by atoms with Crippen molar-refractivity contribution in [1.82, 2.24) is 19.9 Å². The van der Waals surface area contributed by atoms with Gasteiger partial charge in [-0.2, -0.15) is 26.3 Å². The van der Waals surface area contributed by atoms with Crippen molar-refractivity contribution in [3.63, 3.8) is 0 Å². The monoisotopic (exact) mass is 637 g/mol. The number of pyridine rings is 2. The quantitative estimate of drug-likeness (QED) is 0.139. The summed E-state index contributed by atoms with van der Waals surface area (Å²) in [7, 11) is 0. The number of nitrogens with zero attached hydrogens (tertiary/aromatic N) is 3. The molecule has 0 fully saturated rings. The number of halogens is 8. The molecule has 0 amide bonds. The summed E-state index contributed by atoms with van der Waals surface area (Å²) in [6, 6.07) is 9.10. The largest absolute Gasteiger partial charge is 0.490 e. The van der Waals surface area contributed by atoms with Gasteiger partial charge in [-0.05, 0) is 35.9 Å². The second kappa shape index (κ2) is 12.6. The first-order chi connectivity index (χ1) is 19.5. The maximum absolute atomic E-state index is 10.6. The molecule has 0 saturated heterocycles. The Balaban J connectivity index is 0.000000289. The van der Waals surface area contributed by atoms with Gasteiger partial charge in [-0.15, -0.1) is 0 Å². The average Bonchev–Trinajstić information content (AvgIpc) is 3.27. The summed E-state index contributed by atoms with van der Waals surface area (Å²) in [5, 5.41) is 27.8. The average molecular weight is 638 g/mol. The molecule has 1 aliphatic heterocycles. The van der Waals surface area contributed by atoms with Crippen LogP contribution in [0.25, 0.3) is 33.9 Å². The molecule has 0 radical (unpaired) electrons. The van der Waals surface area contributed by atoms with E-state index in [1.165, 1.54) is 0 Å². The fourth-order valence-corrected chi connectivity index (χ4v) is 4.07. The zero-order chi connectivity index (χ0) is 31.4. The standard InChI is InChI=1S/C20H13Cl2N5O.2C2HF3O2/c21-13-6-10(9-28)7-14(22)16(13)20-26-17-11-3-5-23-8-15(11)25-19-12(18(17)27-20)2-1-4-24-19;2*3-2(4,5)1(6)7/h1-8,28H,9H2,(H,24,25)(H,26,27);2*(H,6,7). The lowest BCUT2D eigenvalue weighted by atomic mass is 10.1. The number of hydrogen-bond acceptors (Lipinski definition) is 7. The zero-order valence-corrected chi connectivity index (χ0v) is 21.9. The number of aliphatic hydroxyl groups excluding tert-OH is 1. The second-order valence-electron chi connectivity index (χ2n) is 7.95. The number of imidazole rings is 1. The van der Waals surface area contributed by atoms with Crippen molar-refractivity contribution in [3.05, 3.63) is 64.5 Å². The van der Waals surface area contributed by atoms with Crippen LogP contribution in [-0.2, 0) is 16.2 Å². The van der Waals surface area contributed by atoms with Crippen molar-refractivity contribution in [2.45, 2.75) is 19.0 Å². The molecule has 1 aliphatic rings. The SMILES string of the molecule is O=C(O)C(F)(F)F.O=C(O)C(F)(F)F.OCc1cc(Cl)c(-c2nc3c([nH]2)-c2ccncc2Nc2ncccc2-3)c(Cl)c1. The Labute approximate surface area is 240 Å². The molecule has 5 rings (SSSR count). The summed E-state index contributed by atoms with van der Waals surface area (Å²) in [6.45, 7) is -0.139. The zero-order valence-electron chi connectivity index (χ0n) is 20.3. The van der Waals surface area contributed by atoms with Gasteiger partial charge in [-0.1, -0.05) is 23.2 Å². The highest BCUT2D eigenvalue weighted by molar-refractivity contribution is 6.39. The molecule has 4 aromatic rings. The summed E-state index contributed by atoms with van der Waals surface area (Å²) >= 11 is 12.9. The van der Waals surface area contributed by atoms with E-state index in [9.17, 15) is 31.4 Å². The van der Waals surface area contributed by atoms with Gasteiger partial charge in [-0.3, -0.25) is 4.98 Å². The molecule has 0 saturated carbocycles. The van der Waals surface area contributed by atoms with Crippen LogP contribution >= 0.6 is 23.2 Å². The molecule has 4 heterocycles. The summed E-state index contributed by atoms with van der Waals surface area (Å²) < 4.78 is 63.5. The predicted molar refractivity (Wildman–Crippen MR) is 137 cm³/mol. The number of nitrogens with one attached hydrogen (secondary N) is 2. The number of rotatable bonds is 2. The molecule has 5 N–H and O–H groups in total. The Morgan fingerprint density at radius 3 is 2.00 bits per heavy atom. The van der Waals surface area contributed by atoms with Crippen LogP contribution in [0.3, 0.4) is 0 Å². The van der Waals surface area contributed by atoms with E-state index in [0.717, 1.165) is 28.2 Å². The third kappa shape index (κ3) is 7.45. The molecule has 0 unspecified atom stereocenters. The van der Waals surface area contributed by atoms with E-state index in [1.807, 2.05) is 18.2 Å². The van der Waals surface area contributed by atoms with Crippen LogP contribution in [-0.4, -0.2) is 59.5 Å². The summed E-state index contributed by atoms with van der Waals surface area (Å²) in [6.07, 6.45) is -4.97. The maximum Gasteiger partial charge on any atom is 0.490 e. The van der Waals surface area contributed by atoms with E-state index < -0.39 is 24.3 Å². The number of aliphatic carboxylic acids is 2. The van der Waals surface area contributed by atoms with Crippen LogP contribution in [0.5, 0.6) is 0 Å². The first kappa shape index (κ1) is 32.1. The Morgan fingerprint density at radius 1 is 0.905 bits per heavy atom. The van der Waals surface area contributed by atoms with Crippen LogP contribution < -0.4 is 5.32 Å². The molecule has 0 spiro atoms. The lowest BCUT2D eigenvalue weighted by molar-refractivity contribution is -0.193. The number of hydrogen-bond donors (Lipinski definition) is 5. The van der Waals surface area contributed by atoms with Gasteiger partial charge in [0.1, 0.15) is 17.3 Å². The van der Waals surface area contributed by atoms with Crippen molar-refractivity contribution in [1.29, 1.82) is 0 Å². The normalized spacial score (nSPS) is 11.6. The number of alkyl halides is 6. The van der Waals surface area contributed by atoms with Crippen molar-refractivity contribution in [3.8, 4) is 33.9 Å². The number of aromatic nitrogens is 4. The smallest absolute Gasteiger partial charge is 0.475 e. The molecule has 18 heteroatoms. The first-order valence-electron chi connectivity index (χ1n) is 11.0. The molecule has 10 nitrogen and oxygen atoms in total. The molecule has 42 heavy (non-hydrogen) atoms. The number of aliphatic hydroxyl groups is 1. The van der Waals surface area contributed by atoms with Crippen LogP contribution in [0.2, 0.25) is 10.0 Å². The van der Waals surface area contributed by atoms with Crippen LogP contribution in [0.4, 0.5) is 37.8 Å². The topological polar surface area (TPSA) is 161 Å². The Morgan fingerprint density at radius 2 is 1.48 bits per heavy atom. The molecule has 3 aromatic heterocycles. The highest BCUT2D eigenvalue weighted by Gasteiger charge is 2.39. The van der Waals surface area contributed by atoms with E-state index in [4.69, 9.17) is 48.0 Å². The molecular formula is C24H15Cl2F6N5O5. The number of aromatic amines is 1. The molecule has 1 aromatic carbocycles. The Bertz CT molecular complexity index is 1520. The van der Waals surface area contributed by atoms with E-state index in [0.29, 0.717) is 32.8 Å². The Hall–Kier alpha value is -4.41. The van der Waals surface area contributed by atoms with Crippen molar-refractivity contribution in [2.24, 2.45) is 0 Å². The highest BCUT2D eigenvalue weighted by atomic mass is 35.5. The van der Waals surface area contributed by atoms with Crippen molar-refractivity contribution < 1.29 is 51.3 Å². The van der Waals surface area contributed by atoms with E-state index in [1.54, 1.807) is 30.7 Å². The van der Waals surface area contributed by atoms with Crippen LogP contribution in [0.1, 0.15) is 5.56 Å². The fraction of sp³-hybridized carbons (Fsp3) is 0.125. The van der Waals surface area contributed by atoms with Gasteiger partial charge in [0.25, 0.3) is 0 Å². The minimum atomic E-state index is -5.08. The van der Waals surface area contributed by atoms with Gasteiger partial charge in [0, 0.05) is 23.5 Å². The Kier molecular flexibility index (Phi) is 9.65. The summed E-state index contributed by atoms with van der Waals surface area (Å²) in [5.74, 6) is -4.27. The lowest BCUT2D eigenvalue weighted by Gasteiger charge is -2.09. The minimum absolute atomic E-state index is 0.139. The molecule has 0 aliphatic carbocycles. The minimum Gasteiger partial charge on any atom is -0.475 e. The molecule has 222 valence electrons. The number of benzene rings is 1. The van der Waals surface area contributed by atoms with E-state index >= 15 is 0 Å². The fourth-order valence-electron chi connectivity index (χ4n) is 3.36.